The van der Waals surface area contributed by atoms with Gasteiger partial charge < -0.3 is 9.47 Å². The fourth-order valence-corrected chi connectivity index (χ4v) is 3.88. The Hall–Kier alpha value is -1.07. The van der Waals surface area contributed by atoms with Gasteiger partial charge in [0, 0.05) is 0 Å². The van der Waals surface area contributed by atoms with Gasteiger partial charge in [-0.05, 0) is 78.2 Å². The normalized spacial score (nSPS) is 12.0. The van der Waals surface area contributed by atoms with Gasteiger partial charge in [0.05, 0.1) is 13.2 Å². The molecule has 5 heteroatoms. The molecule has 0 saturated heterocycles. The van der Waals surface area contributed by atoms with Crippen LogP contribution in [0.1, 0.15) is 72.6 Å². The molecule has 0 spiro atoms. The summed E-state index contributed by atoms with van der Waals surface area (Å²) in [4.78, 5) is 25.5. The summed E-state index contributed by atoms with van der Waals surface area (Å²) < 4.78 is 11.8. The first kappa shape index (κ1) is 24.9. The Bertz CT molecular complexity index is 512. The van der Waals surface area contributed by atoms with Crippen molar-refractivity contribution >= 4 is 34.5 Å². The average Bonchev–Trinajstić information content (AvgIpc) is 2.61. The third-order valence-corrected chi connectivity index (χ3v) is 5.49. The van der Waals surface area contributed by atoms with E-state index in [4.69, 9.17) is 9.47 Å². The van der Waals surface area contributed by atoms with E-state index >= 15 is 0 Å². The van der Waals surface area contributed by atoms with Crippen molar-refractivity contribution in [2.75, 3.05) is 13.2 Å². The molecule has 0 aromatic rings. The molecular formula is C21H33IO4. The fourth-order valence-electron chi connectivity index (χ4n) is 2.80. The van der Waals surface area contributed by atoms with Crippen LogP contribution in [-0.4, -0.2) is 25.2 Å². The van der Waals surface area contributed by atoms with Crippen LogP contribution in [0.3, 0.4) is 0 Å². The molecule has 4 nitrogen and oxygen atoms in total. The summed E-state index contributed by atoms with van der Waals surface area (Å²) >= 11 is 2.39. The molecule has 0 atom stereocenters. The van der Waals surface area contributed by atoms with Gasteiger partial charge in [0.15, 0.2) is 5.41 Å². The van der Waals surface area contributed by atoms with E-state index in [9.17, 15) is 9.59 Å². The lowest BCUT2D eigenvalue weighted by molar-refractivity contribution is -0.172. The van der Waals surface area contributed by atoms with Crippen molar-refractivity contribution in [1.82, 2.24) is 0 Å². The lowest BCUT2D eigenvalue weighted by Gasteiger charge is -2.28. The maximum atomic E-state index is 12.7. The van der Waals surface area contributed by atoms with Crippen LogP contribution < -0.4 is 0 Å². The zero-order chi connectivity index (χ0) is 20.0. The molecule has 26 heavy (non-hydrogen) atoms. The van der Waals surface area contributed by atoms with E-state index in [1.807, 2.05) is 0 Å². The van der Waals surface area contributed by atoms with E-state index in [1.165, 1.54) is 9.15 Å². The summed E-state index contributed by atoms with van der Waals surface area (Å²) in [6.45, 7) is 11.8. The molecule has 0 heterocycles. The standard InChI is InChI=1S/C21H33IO4/c1-6-11-15-21(19(23)25-9-4,20(24)26-10-5)16-14-17(12-7-2)18(22)13-8-3/h11H,1,7-10,12-16H2,2-5H3/b18-17-. The number of carbonyl (C=O) groups is 2. The molecule has 0 bridgehead atoms. The minimum Gasteiger partial charge on any atom is -0.465 e. The Labute approximate surface area is 172 Å². The molecule has 0 unspecified atom stereocenters. The maximum Gasteiger partial charge on any atom is 0.323 e. The first-order valence-corrected chi connectivity index (χ1v) is 10.6. The molecule has 0 radical (unpaired) electrons. The van der Waals surface area contributed by atoms with Crippen molar-refractivity contribution in [2.24, 2.45) is 5.41 Å². The Kier molecular flexibility index (Phi) is 13.5. The first-order chi connectivity index (χ1) is 12.4. The highest BCUT2D eigenvalue weighted by molar-refractivity contribution is 14.1. The number of rotatable bonds is 13. The van der Waals surface area contributed by atoms with Crippen LogP contribution in [0.15, 0.2) is 27.5 Å². The van der Waals surface area contributed by atoms with Crippen molar-refractivity contribution in [3.63, 3.8) is 0 Å². The number of hydrogen-bond acceptors (Lipinski definition) is 4. The molecule has 0 fully saturated rings. The summed E-state index contributed by atoms with van der Waals surface area (Å²) in [6.07, 6.45) is 6.95. The van der Waals surface area contributed by atoms with Crippen molar-refractivity contribution in [1.29, 1.82) is 0 Å². The largest absolute Gasteiger partial charge is 0.465 e. The van der Waals surface area contributed by atoms with E-state index in [-0.39, 0.29) is 19.6 Å². The Balaban J connectivity index is 5.80. The van der Waals surface area contributed by atoms with Crippen molar-refractivity contribution in [3.05, 3.63) is 27.5 Å². The van der Waals surface area contributed by atoms with E-state index in [0.29, 0.717) is 12.8 Å². The summed E-state index contributed by atoms with van der Waals surface area (Å²) in [5, 5.41) is 0. The van der Waals surface area contributed by atoms with Gasteiger partial charge >= 0.3 is 11.9 Å². The van der Waals surface area contributed by atoms with E-state index in [0.717, 1.165) is 25.7 Å². The molecule has 0 aliphatic rings. The highest BCUT2D eigenvalue weighted by Gasteiger charge is 2.47. The van der Waals surface area contributed by atoms with Gasteiger partial charge in [-0.3, -0.25) is 9.59 Å². The molecule has 0 saturated carbocycles. The van der Waals surface area contributed by atoms with Crippen molar-refractivity contribution in [2.45, 2.75) is 72.6 Å². The number of carbonyl (C=O) groups excluding carboxylic acids is 2. The highest BCUT2D eigenvalue weighted by atomic mass is 127. The predicted octanol–water partition coefficient (Wildman–Crippen LogP) is 5.90. The first-order valence-electron chi connectivity index (χ1n) is 9.48. The van der Waals surface area contributed by atoms with Crippen LogP contribution in [0.4, 0.5) is 0 Å². The van der Waals surface area contributed by atoms with Crippen LogP contribution in [0.25, 0.3) is 0 Å². The van der Waals surface area contributed by atoms with Gasteiger partial charge in [-0.25, -0.2) is 0 Å². The van der Waals surface area contributed by atoms with E-state index in [2.05, 4.69) is 48.7 Å². The third kappa shape index (κ3) is 7.67. The van der Waals surface area contributed by atoms with Crippen molar-refractivity contribution < 1.29 is 19.1 Å². The lowest BCUT2D eigenvalue weighted by Crippen LogP contribution is -2.42. The number of ether oxygens (including phenoxy) is 2. The minimum atomic E-state index is -1.33. The lowest BCUT2D eigenvalue weighted by atomic mass is 9.78. The summed E-state index contributed by atoms with van der Waals surface area (Å²) in [5.41, 5.74) is 2.65. The summed E-state index contributed by atoms with van der Waals surface area (Å²) in [6, 6.07) is 0. The van der Waals surface area contributed by atoms with Gasteiger partial charge in [-0.2, -0.15) is 0 Å². The SMILES string of the molecule is C=C=CCC(CC/C(CCC)=C(\I)CCC)(C(=O)OCC)C(=O)OCC. The van der Waals surface area contributed by atoms with Gasteiger partial charge in [0.25, 0.3) is 0 Å². The summed E-state index contributed by atoms with van der Waals surface area (Å²) in [7, 11) is 0. The average molecular weight is 476 g/mol. The second kappa shape index (κ2) is 14.0. The van der Waals surface area contributed by atoms with E-state index < -0.39 is 17.4 Å². The van der Waals surface area contributed by atoms with Gasteiger partial charge in [-0.15, -0.1) is 5.73 Å². The van der Waals surface area contributed by atoms with Crippen LogP contribution in [0.5, 0.6) is 0 Å². The van der Waals surface area contributed by atoms with Crippen LogP contribution >= 0.6 is 22.6 Å². The van der Waals surface area contributed by atoms with Gasteiger partial charge in [-0.1, -0.05) is 38.8 Å². The second-order valence-electron chi connectivity index (χ2n) is 6.14. The Morgan fingerprint density at radius 1 is 1.00 bits per heavy atom. The second-order valence-corrected chi connectivity index (χ2v) is 7.45. The van der Waals surface area contributed by atoms with Crippen molar-refractivity contribution in [3.8, 4) is 0 Å². The Morgan fingerprint density at radius 3 is 1.96 bits per heavy atom. The smallest absolute Gasteiger partial charge is 0.323 e. The molecular weight excluding hydrogens is 443 g/mol. The highest BCUT2D eigenvalue weighted by Crippen LogP contribution is 2.36. The molecule has 0 rings (SSSR count). The fraction of sp³-hybridized carbons (Fsp3) is 0.667. The van der Waals surface area contributed by atoms with Gasteiger partial charge in [0.2, 0.25) is 0 Å². The van der Waals surface area contributed by atoms with E-state index in [1.54, 1.807) is 19.9 Å². The number of allylic oxidation sites excluding steroid dienone is 3. The molecule has 0 N–H and O–H groups in total. The number of hydrogen-bond donors (Lipinski definition) is 0. The number of esters is 2. The van der Waals surface area contributed by atoms with Crippen LogP contribution in [-0.2, 0) is 19.1 Å². The third-order valence-electron chi connectivity index (χ3n) is 4.19. The Morgan fingerprint density at radius 2 is 1.54 bits per heavy atom. The van der Waals surface area contributed by atoms with Crippen LogP contribution in [0, 0.1) is 5.41 Å². The summed E-state index contributed by atoms with van der Waals surface area (Å²) in [5.74, 6) is -1.04. The molecule has 148 valence electrons. The van der Waals surface area contributed by atoms with Gasteiger partial charge in [0.1, 0.15) is 0 Å². The molecule has 0 aliphatic carbocycles. The molecule has 0 aromatic heterocycles. The monoisotopic (exact) mass is 476 g/mol. The predicted molar refractivity (Wildman–Crippen MR) is 114 cm³/mol. The molecule has 0 aliphatic heterocycles. The molecule has 0 aromatic carbocycles. The zero-order valence-electron chi connectivity index (χ0n) is 16.7. The maximum absolute atomic E-state index is 12.7. The number of halogens is 1. The quantitative estimate of drug-likeness (QED) is 0.144. The minimum absolute atomic E-state index is 0.192. The molecule has 0 amide bonds. The topological polar surface area (TPSA) is 52.6 Å². The zero-order valence-corrected chi connectivity index (χ0v) is 18.8. The van der Waals surface area contributed by atoms with Crippen LogP contribution in [0.2, 0.25) is 0 Å².